The van der Waals surface area contributed by atoms with Crippen LogP contribution in [0.2, 0.25) is 0 Å². The van der Waals surface area contributed by atoms with E-state index >= 15 is 0 Å². The van der Waals surface area contributed by atoms with Crippen LogP contribution in [0.4, 0.5) is 0 Å². The van der Waals surface area contributed by atoms with E-state index in [-0.39, 0.29) is 11.8 Å². The Balaban J connectivity index is 2.14. The average Bonchev–Trinajstić information content (AvgIpc) is 2.68. The molecule has 1 unspecified atom stereocenters. The van der Waals surface area contributed by atoms with Crippen LogP contribution in [-0.4, -0.2) is 50.5 Å². The Morgan fingerprint density at radius 3 is 2.44 bits per heavy atom. The second-order valence-electron chi connectivity index (χ2n) is 4.82. The molecule has 1 aliphatic rings. The predicted octanol–water partition coefficient (Wildman–Crippen LogP) is 0.624. The Morgan fingerprint density at radius 1 is 1.25 bits per heavy atom. The highest BCUT2D eigenvalue weighted by atomic mass is 32.2. The zero-order valence-corrected chi connectivity index (χ0v) is 11.0. The smallest absolute Gasteiger partial charge is 0.150 e. The SMILES string of the molecule is CC(N)CCS(=O)(=O)CCCN1CCCC1. The van der Waals surface area contributed by atoms with Crippen molar-refractivity contribution in [3.05, 3.63) is 0 Å². The van der Waals surface area contributed by atoms with Gasteiger partial charge in [-0.2, -0.15) is 0 Å². The number of hydrogen-bond acceptors (Lipinski definition) is 4. The third kappa shape index (κ3) is 5.82. The first kappa shape index (κ1) is 13.9. The summed E-state index contributed by atoms with van der Waals surface area (Å²) in [6.45, 7) is 5.05. The van der Waals surface area contributed by atoms with Gasteiger partial charge in [-0.05, 0) is 52.2 Å². The maximum absolute atomic E-state index is 11.6. The van der Waals surface area contributed by atoms with E-state index in [0.29, 0.717) is 12.2 Å². The van der Waals surface area contributed by atoms with Crippen LogP contribution in [0.1, 0.15) is 32.6 Å². The number of likely N-dealkylation sites (tertiary alicyclic amines) is 1. The van der Waals surface area contributed by atoms with Gasteiger partial charge in [0.2, 0.25) is 0 Å². The molecule has 1 atom stereocenters. The molecule has 1 rings (SSSR count). The summed E-state index contributed by atoms with van der Waals surface area (Å²) in [7, 11) is -2.88. The van der Waals surface area contributed by atoms with Crippen molar-refractivity contribution in [2.75, 3.05) is 31.1 Å². The van der Waals surface area contributed by atoms with Gasteiger partial charge in [-0.3, -0.25) is 0 Å². The number of hydrogen-bond donors (Lipinski definition) is 1. The fourth-order valence-electron chi connectivity index (χ4n) is 1.98. The van der Waals surface area contributed by atoms with Gasteiger partial charge in [0.05, 0.1) is 11.5 Å². The first-order valence-electron chi connectivity index (χ1n) is 6.18. The van der Waals surface area contributed by atoms with Crippen LogP contribution in [-0.2, 0) is 9.84 Å². The molecular weight excluding hydrogens is 224 g/mol. The number of nitrogens with zero attached hydrogens (tertiary/aromatic N) is 1. The second-order valence-corrected chi connectivity index (χ2v) is 7.12. The van der Waals surface area contributed by atoms with E-state index in [2.05, 4.69) is 4.90 Å². The molecule has 0 spiro atoms. The molecule has 0 aromatic rings. The third-order valence-electron chi connectivity index (χ3n) is 3.01. The van der Waals surface area contributed by atoms with Gasteiger partial charge in [-0.15, -0.1) is 0 Å². The van der Waals surface area contributed by atoms with Crippen molar-refractivity contribution >= 4 is 9.84 Å². The van der Waals surface area contributed by atoms with Crippen molar-refractivity contribution in [3.63, 3.8) is 0 Å². The van der Waals surface area contributed by atoms with Crippen molar-refractivity contribution in [1.29, 1.82) is 0 Å². The lowest BCUT2D eigenvalue weighted by Crippen LogP contribution is -2.25. The molecule has 0 radical (unpaired) electrons. The molecule has 1 aliphatic heterocycles. The van der Waals surface area contributed by atoms with Gasteiger partial charge in [-0.1, -0.05) is 0 Å². The number of nitrogens with two attached hydrogens (primary N) is 1. The summed E-state index contributed by atoms with van der Waals surface area (Å²) in [6.07, 6.45) is 3.86. The summed E-state index contributed by atoms with van der Waals surface area (Å²) in [6, 6.07) is -0.0200. The van der Waals surface area contributed by atoms with E-state index in [1.165, 1.54) is 12.8 Å². The molecule has 0 saturated carbocycles. The van der Waals surface area contributed by atoms with Crippen molar-refractivity contribution < 1.29 is 8.42 Å². The first-order chi connectivity index (χ1) is 7.49. The molecule has 96 valence electrons. The van der Waals surface area contributed by atoms with E-state index < -0.39 is 9.84 Å². The van der Waals surface area contributed by atoms with Crippen LogP contribution in [0.15, 0.2) is 0 Å². The summed E-state index contributed by atoms with van der Waals surface area (Å²) in [5, 5.41) is 0. The van der Waals surface area contributed by atoms with Gasteiger partial charge < -0.3 is 10.6 Å². The zero-order chi connectivity index (χ0) is 12.0. The molecule has 1 heterocycles. The Hall–Kier alpha value is -0.130. The fraction of sp³-hybridized carbons (Fsp3) is 1.00. The third-order valence-corrected chi connectivity index (χ3v) is 4.78. The fourth-order valence-corrected chi connectivity index (χ4v) is 3.49. The van der Waals surface area contributed by atoms with Crippen molar-refractivity contribution in [1.82, 2.24) is 4.90 Å². The van der Waals surface area contributed by atoms with Crippen LogP contribution in [0, 0.1) is 0 Å². The van der Waals surface area contributed by atoms with Crippen molar-refractivity contribution in [3.8, 4) is 0 Å². The zero-order valence-electron chi connectivity index (χ0n) is 10.2. The summed E-state index contributed by atoms with van der Waals surface area (Å²) < 4.78 is 23.3. The highest BCUT2D eigenvalue weighted by Gasteiger charge is 2.14. The molecule has 4 nitrogen and oxygen atoms in total. The van der Waals surface area contributed by atoms with E-state index in [1.807, 2.05) is 6.92 Å². The van der Waals surface area contributed by atoms with Crippen LogP contribution in [0.25, 0.3) is 0 Å². The van der Waals surface area contributed by atoms with E-state index in [9.17, 15) is 8.42 Å². The predicted molar refractivity (Wildman–Crippen MR) is 67.2 cm³/mol. The summed E-state index contributed by atoms with van der Waals surface area (Å²) in [5.74, 6) is 0.556. The van der Waals surface area contributed by atoms with Crippen LogP contribution in [0.3, 0.4) is 0 Å². The molecule has 0 amide bonds. The lowest BCUT2D eigenvalue weighted by atomic mass is 10.3. The minimum atomic E-state index is -2.88. The maximum atomic E-state index is 11.6. The Bertz CT molecular complexity index is 282. The van der Waals surface area contributed by atoms with Gasteiger partial charge in [0, 0.05) is 6.04 Å². The van der Waals surface area contributed by atoms with Gasteiger partial charge >= 0.3 is 0 Å². The highest BCUT2D eigenvalue weighted by Crippen LogP contribution is 2.08. The molecule has 2 N–H and O–H groups in total. The molecule has 0 aromatic heterocycles. The summed E-state index contributed by atoms with van der Waals surface area (Å²) in [4.78, 5) is 2.35. The van der Waals surface area contributed by atoms with E-state index in [4.69, 9.17) is 5.73 Å². The first-order valence-corrected chi connectivity index (χ1v) is 8.00. The number of rotatable bonds is 7. The lowest BCUT2D eigenvalue weighted by molar-refractivity contribution is 0.340. The molecule has 5 heteroatoms. The molecule has 0 aromatic carbocycles. The largest absolute Gasteiger partial charge is 0.328 e. The molecule has 1 fully saturated rings. The standard InChI is InChI=1S/C11H24N2O2S/c1-11(12)5-10-16(14,15)9-4-8-13-6-2-3-7-13/h11H,2-10,12H2,1H3. The Kier molecular flexibility index (Phi) is 5.72. The topological polar surface area (TPSA) is 63.4 Å². The van der Waals surface area contributed by atoms with Crippen LogP contribution >= 0.6 is 0 Å². The van der Waals surface area contributed by atoms with Crippen LogP contribution < -0.4 is 5.73 Å². The lowest BCUT2D eigenvalue weighted by Gasteiger charge is -2.14. The summed E-state index contributed by atoms with van der Waals surface area (Å²) in [5.41, 5.74) is 5.56. The molecule has 1 saturated heterocycles. The van der Waals surface area contributed by atoms with E-state index in [1.54, 1.807) is 0 Å². The van der Waals surface area contributed by atoms with E-state index in [0.717, 1.165) is 26.1 Å². The highest BCUT2D eigenvalue weighted by molar-refractivity contribution is 7.91. The van der Waals surface area contributed by atoms with Gasteiger partial charge in [-0.25, -0.2) is 8.42 Å². The van der Waals surface area contributed by atoms with Crippen LogP contribution in [0.5, 0.6) is 0 Å². The van der Waals surface area contributed by atoms with Gasteiger partial charge in [0.1, 0.15) is 9.84 Å². The minimum absolute atomic E-state index is 0.0200. The second kappa shape index (κ2) is 6.57. The quantitative estimate of drug-likeness (QED) is 0.717. The number of sulfone groups is 1. The maximum Gasteiger partial charge on any atom is 0.150 e. The van der Waals surface area contributed by atoms with Crippen molar-refractivity contribution in [2.24, 2.45) is 5.73 Å². The molecule has 16 heavy (non-hydrogen) atoms. The van der Waals surface area contributed by atoms with Crippen molar-refractivity contribution in [2.45, 2.75) is 38.6 Å². The molecular formula is C11H24N2O2S. The monoisotopic (exact) mass is 248 g/mol. The van der Waals surface area contributed by atoms with Gasteiger partial charge in [0.25, 0.3) is 0 Å². The molecule has 0 aliphatic carbocycles. The minimum Gasteiger partial charge on any atom is -0.328 e. The van der Waals surface area contributed by atoms with Gasteiger partial charge in [0.15, 0.2) is 0 Å². The Morgan fingerprint density at radius 2 is 1.88 bits per heavy atom. The Labute approximate surface area is 99.1 Å². The summed E-state index contributed by atoms with van der Waals surface area (Å²) >= 11 is 0. The molecule has 0 bridgehead atoms. The normalized spacial score (nSPS) is 20.1. The average molecular weight is 248 g/mol.